The van der Waals surface area contributed by atoms with Gasteiger partial charge >= 0.3 is 0 Å². The maximum atomic E-state index is 13.9. The molecule has 2 nitrogen and oxygen atoms in total. The van der Waals surface area contributed by atoms with Crippen LogP contribution in [0.5, 0.6) is 0 Å². The summed E-state index contributed by atoms with van der Waals surface area (Å²) in [6, 6.07) is 8.93. The van der Waals surface area contributed by atoms with Crippen LogP contribution in [0.25, 0.3) is 11.1 Å². The highest BCUT2D eigenvalue weighted by Gasteiger charge is 2.46. The summed E-state index contributed by atoms with van der Waals surface area (Å²) in [5.41, 5.74) is 1.58. The van der Waals surface area contributed by atoms with Crippen molar-refractivity contribution in [3.63, 3.8) is 0 Å². The van der Waals surface area contributed by atoms with Gasteiger partial charge in [-0.05, 0) is 48.8 Å². The fraction of sp³-hybridized carbons (Fsp3) is 0.421. The molecule has 2 aromatic rings. The van der Waals surface area contributed by atoms with E-state index in [2.05, 4.69) is 6.07 Å². The van der Waals surface area contributed by atoms with Crippen LogP contribution in [0.2, 0.25) is 0 Å². The number of halogens is 1. The van der Waals surface area contributed by atoms with Gasteiger partial charge in [0.15, 0.2) is 0 Å². The van der Waals surface area contributed by atoms with Crippen LogP contribution in [-0.2, 0) is 4.79 Å². The average molecular weight is 329 g/mol. The molecule has 23 heavy (non-hydrogen) atoms. The molecule has 2 aliphatic rings. The Bertz CT molecular complexity index is 720. The van der Waals surface area contributed by atoms with Crippen molar-refractivity contribution in [3.05, 3.63) is 46.4 Å². The lowest BCUT2D eigenvalue weighted by atomic mass is 10.1. The zero-order chi connectivity index (χ0) is 15.8. The second-order valence-electron chi connectivity index (χ2n) is 6.55. The molecule has 0 spiro atoms. The third kappa shape index (κ3) is 2.92. The largest absolute Gasteiger partial charge is 0.342 e. The summed E-state index contributed by atoms with van der Waals surface area (Å²) in [7, 11) is 0. The minimum absolute atomic E-state index is 0.153. The van der Waals surface area contributed by atoms with Gasteiger partial charge in [0.25, 0.3) is 0 Å². The van der Waals surface area contributed by atoms with Crippen molar-refractivity contribution >= 4 is 17.2 Å². The SMILES string of the molecule is O=C([C@@H]1C[C@H]1c1cc(-c2ccccc2F)cs1)N1CCCCC1. The van der Waals surface area contributed by atoms with Gasteiger partial charge in [-0.2, -0.15) is 0 Å². The molecular weight excluding hydrogens is 309 g/mol. The number of carbonyl (C=O) groups is 1. The fourth-order valence-electron chi connectivity index (χ4n) is 3.51. The number of rotatable bonds is 3. The van der Waals surface area contributed by atoms with Crippen LogP contribution in [0.1, 0.15) is 36.5 Å². The molecule has 120 valence electrons. The summed E-state index contributed by atoms with van der Waals surface area (Å²) >= 11 is 1.65. The number of nitrogens with zero attached hydrogens (tertiary/aromatic N) is 1. The van der Waals surface area contributed by atoms with E-state index < -0.39 is 0 Å². The second kappa shape index (κ2) is 6.08. The van der Waals surface area contributed by atoms with E-state index in [1.165, 1.54) is 17.4 Å². The average Bonchev–Trinajstić information content (AvgIpc) is 3.24. The molecule has 1 saturated carbocycles. The number of benzene rings is 1. The van der Waals surface area contributed by atoms with Gasteiger partial charge in [0.1, 0.15) is 5.82 Å². The lowest BCUT2D eigenvalue weighted by Gasteiger charge is -2.26. The molecule has 1 saturated heterocycles. The number of piperidine rings is 1. The topological polar surface area (TPSA) is 20.3 Å². The van der Waals surface area contributed by atoms with Crippen molar-refractivity contribution in [3.8, 4) is 11.1 Å². The standard InChI is InChI=1S/C19H20FNOS/c20-17-7-3-2-6-14(17)13-10-18(23-12-13)15-11-16(15)19(22)21-8-4-1-5-9-21/h2-3,6-7,10,12,15-16H,1,4-5,8-9,11H2/t15-,16-/m1/s1. The van der Waals surface area contributed by atoms with Gasteiger partial charge in [0.05, 0.1) is 0 Å². The van der Waals surface area contributed by atoms with Crippen molar-refractivity contribution in [2.45, 2.75) is 31.6 Å². The molecular formula is C19H20FNOS. The maximum Gasteiger partial charge on any atom is 0.226 e. The summed E-state index contributed by atoms with van der Waals surface area (Å²) in [5.74, 6) is 0.638. The molecule has 1 aliphatic carbocycles. The van der Waals surface area contributed by atoms with Crippen LogP contribution in [0.15, 0.2) is 35.7 Å². The Morgan fingerprint density at radius 2 is 1.96 bits per heavy atom. The molecule has 4 rings (SSSR count). The Balaban J connectivity index is 1.46. The van der Waals surface area contributed by atoms with E-state index in [1.54, 1.807) is 17.4 Å². The lowest BCUT2D eigenvalue weighted by molar-refractivity contribution is -0.133. The molecule has 2 fully saturated rings. The first kappa shape index (κ1) is 14.9. The molecule has 0 unspecified atom stereocenters. The fourth-order valence-corrected chi connectivity index (χ4v) is 4.60. The molecule has 0 radical (unpaired) electrons. The lowest BCUT2D eigenvalue weighted by Crippen LogP contribution is -2.36. The summed E-state index contributed by atoms with van der Waals surface area (Å²) < 4.78 is 13.9. The predicted molar refractivity (Wildman–Crippen MR) is 91.0 cm³/mol. The van der Waals surface area contributed by atoms with Crippen molar-refractivity contribution in [2.75, 3.05) is 13.1 Å². The van der Waals surface area contributed by atoms with E-state index in [-0.39, 0.29) is 11.7 Å². The van der Waals surface area contributed by atoms with Crippen LogP contribution in [-0.4, -0.2) is 23.9 Å². The first-order chi connectivity index (χ1) is 11.2. The molecule has 1 aliphatic heterocycles. The molecule has 2 atom stereocenters. The van der Waals surface area contributed by atoms with Crippen LogP contribution in [0, 0.1) is 11.7 Å². The highest BCUT2D eigenvalue weighted by atomic mass is 32.1. The van der Waals surface area contributed by atoms with Gasteiger partial charge in [-0.15, -0.1) is 11.3 Å². The number of amides is 1. The van der Waals surface area contributed by atoms with Crippen LogP contribution >= 0.6 is 11.3 Å². The third-order valence-corrected chi connectivity index (χ3v) is 6.01. The number of thiophene rings is 1. The highest BCUT2D eigenvalue weighted by molar-refractivity contribution is 7.10. The Labute approximate surface area is 139 Å². The number of hydrogen-bond donors (Lipinski definition) is 0. The van der Waals surface area contributed by atoms with Gasteiger partial charge in [-0.3, -0.25) is 4.79 Å². The molecule has 1 aromatic carbocycles. The Morgan fingerprint density at radius 1 is 1.17 bits per heavy atom. The molecule has 0 bridgehead atoms. The highest BCUT2D eigenvalue weighted by Crippen LogP contribution is 2.51. The minimum atomic E-state index is -0.186. The van der Waals surface area contributed by atoms with Gasteiger partial charge < -0.3 is 4.90 Å². The summed E-state index contributed by atoms with van der Waals surface area (Å²) in [4.78, 5) is 15.8. The van der Waals surface area contributed by atoms with Gasteiger partial charge in [0.2, 0.25) is 5.91 Å². The van der Waals surface area contributed by atoms with Crippen LogP contribution in [0.4, 0.5) is 4.39 Å². The molecule has 4 heteroatoms. The minimum Gasteiger partial charge on any atom is -0.342 e. The smallest absolute Gasteiger partial charge is 0.226 e. The van der Waals surface area contributed by atoms with Crippen molar-refractivity contribution in [1.82, 2.24) is 4.90 Å². The third-order valence-electron chi connectivity index (χ3n) is 4.95. The monoisotopic (exact) mass is 329 g/mol. The van der Waals surface area contributed by atoms with Crippen molar-refractivity contribution < 1.29 is 9.18 Å². The number of carbonyl (C=O) groups excluding carboxylic acids is 1. The molecule has 2 heterocycles. The molecule has 0 N–H and O–H groups in total. The predicted octanol–water partition coefficient (Wildman–Crippen LogP) is 4.67. The maximum absolute atomic E-state index is 13.9. The molecule has 1 aromatic heterocycles. The summed E-state index contributed by atoms with van der Waals surface area (Å²) in [5, 5.41) is 2.01. The first-order valence-corrected chi connectivity index (χ1v) is 9.24. The van der Waals surface area contributed by atoms with Crippen molar-refractivity contribution in [2.24, 2.45) is 5.92 Å². The van der Waals surface area contributed by atoms with Crippen LogP contribution in [0.3, 0.4) is 0 Å². The van der Waals surface area contributed by atoms with Gasteiger partial charge in [-0.25, -0.2) is 4.39 Å². The zero-order valence-corrected chi connectivity index (χ0v) is 13.8. The van der Waals surface area contributed by atoms with E-state index in [4.69, 9.17) is 0 Å². The Morgan fingerprint density at radius 3 is 2.74 bits per heavy atom. The van der Waals surface area contributed by atoms with E-state index >= 15 is 0 Å². The summed E-state index contributed by atoms with van der Waals surface area (Å²) in [6.45, 7) is 1.85. The zero-order valence-electron chi connectivity index (χ0n) is 13.0. The first-order valence-electron chi connectivity index (χ1n) is 8.36. The van der Waals surface area contributed by atoms with E-state index in [0.29, 0.717) is 17.4 Å². The molecule has 1 amide bonds. The summed E-state index contributed by atoms with van der Waals surface area (Å²) in [6.07, 6.45) is 4.47. The van der Waals surface area contributed by atoms with Gasteiger partial charge in [-0.1, -0.05) is 18.2 Å². The number of hydrogen-bond acceptors (Lipinski definition) is 2. The quantitative estimate of drug-likeness (QED) is 0.801. The second-order valence-corrected chi connectivity index (χ2v) is 7.50. The van der Waals surface area contributed by atoms with Crippen LogP contribution < -0.4 is 0 Å². The van der Waals surface area contributed by atoms with Gasteiger partial charge in [0, 0.05) is 35.4 Å². The van der Waals surface area contributed by atoms with Crippen molar-refractivity contribution in [1.29, 1.82) is 0 Å². The Kier molecular flexibility index (Phi) is 3.93. The Hall–Kier alpha value is -1.68. The van der Waals surface area contributed by atoms with E-state index in [0.717, 1.165) is 37.9 Å². The normalized spacial score (nSPS) is 23.8. The number of likely N-dealkylation sites (tertiary alicyclic amines) is 1. The van der Waals surface area contributed by atoms with E-state index in [9.17, 15) is 9.18 Å². The van der Waals surface area contributed by atoms with E-state index in [1.807, 2.05) is 22.4 Å².